The summed E-state index contributed by atoms with van der Waals surface area (Å²) in [5.41, 5.74) is -0.946. The fraction of sp³-hybridized carbons (Fsp3) is 1.00. The fourth-order valence-corrected chi connectivity index (χ4v) is 2.73. The van der Waals surface area contributed by atoms with Crippen LogP contribution in [0.4, 0.5) is 8.78 Å². The van der Waals surface area contributed by atoms with E-state index in [1.54, 1.807) is 7.05 Å². The predicted molar refractivity (Wildman–Crippen MR) is 50.0 cm³/mol. The second-order valence-corrected chi connectivity index (χ2v) is 4.22. The normalized spacial score (nSPS) is 41.1. The van der Waals surface area contributed by atoms with Gasteiger partial charge in [-0.25, -0.2) is 8.78 Å². The molecule has 0 aliphatic heterocycles. The van der Waals surface area contributed by atoms with Crippen molar-refractivity contribution in [2.75, 3.05) is 7.05 Å². The molecule has 0 spiro atoms. The number of hydrogen-bond acceptors (Lipinski definition) is 1. The third-order valence-electron chi connectivity index (χ3n) is 3.70. The minimum absolute atomic E-state index is 0.0706. The maximum atomic E-state index is 13.0. The molecule has 13 heavy (non-hydrogen) atoms. The van der Waals surface area contributed by atoms with Crippen molar-refractivity contribution in [1.29, 1.82) is 0 Å². The van der Waals surface area contributed by atoms with Crippen LogP contribution in [-0.2, 0) is 0 Å². The van der Waals surface area contributed by atoms with E-state index in [4.69, 9.17) is 0 Å². The molecule has 0 aromatic heterocycles. The molecule has 0 amide bonds. The molecule has 1 rings (SSSR count). The quantitative estimate of drug-likeness (QED) is 0.707. The third-order valence-corrected chi connectivity index (χ3v) is 3.70. The van der Waals surface area contributed by atoms with Gasteiger partial charge in [-0.2, -0.15) is 0 Å². The molecule has 2 atom stereocenters. The molecule has 78 valence electrons. The van der Waals surface area contributed by atoms with Gasteiger partial charge in [-0.3, -0.25) is 0 Å². The highest BCUT2D eigenvalue weighted by atomic mass is 19.3. The molecule has 0 aromatic rings. The highest BCUT2D eigenvalue weighted by molar-refractivity contribution is 5.00. The molecule has 1 nitrogen and oxygen atoms in total. The standard InChI is InChI=1S/C10H19F2N/c1-7-5-4-6-8(2)10(7,13-3)9(11)12/h7-9,13H,4-6H2,1-3H3. The van der Waals surface area contributed by atoms with E-state index in [0.29, 0.717) is 0 Å². The lowest BCUT2D eigenvalue weighted by Crippen LogP contribution is -2.60. The lowest BCUT2D eigenvalue weighted by molar-refractivity contribution is -0.0515. The average Bonchev–Trinajstić information content (AvgIpc) is 2.05. The Balaban J connectivity index is 2.89. The lowest BCUT2D eigenvalue weighted by atomic mass is 9.67. The van der Waals surface area contributed by atoms with Crippen molar-refractivity contribution in [3.8, 4) is 0 Å². The van der Waals surface area contributed by atoms with E-state index in [-0.39, 0.29) is 11.8 Å². The van der Waals surface area contributed by atoms with Crippen LogP contribution in [-0.4, -0.2) is 19.0 Å². The highest BCUT2D eigenvalue weighted by Gasteiger charge is 2.49. The van der Waals surface area contributed by atoms with E-state index in [9.17, 15) is 8.78 Å². The number of nitrogens with one attached hydrogen (secondary N) is 1. The van der Waals surface area contributed by atoms with Gasteiger partial charge in [0.05, 0.1) is 5.54 Å². The molecule has 2 unspecified atom stereocenters. The minimum atomic E-state index is -2.26. The smallest absolute Gasteiger partial charge is 0.256 e. The summed E-state index contributed by atoms with van der Waals surface area (Å²) >= 11 is 0. The number of halogens is 2. The predicted octanol–water partition coefficient (Wildman–Crippen LogP) is 2.67. The van der Waals surface area contributed by atoms with Gasteiger partial charge >= 0.3 is 0 Å². The van der Waals surface area contributed by atoms with Crippen molar-refractivity contribution < 1.29 is 8.78 Å². The molecular weight excluding hydrogens is 172 g/mol. The summed E-state index contributed by atoms with van der Waals surface area (Å²) in [7, 11) is 1.66. The van der Waals surface area contributed by atoms with Crippen LogP contribution in [0.15, 0.2) is 0 Å². The SMILES string of the molecule is CNC1(C(F)F)C(C)CCCC1C. The summed E-state index contributed by atoms with van der Waals surface area (Å²) in [6.45, 7) is 3.86. The van der Waals surface area contributed by atoms with Crippen LogP contribution in [0, 0.1) is 11.8 Å². The van der Waals surface area contributed by atoms with Crippen LogP contribution in [0.25, 0.3) is 0 Å². The molecule has 0 heterocycles. The van der Waals surface area contributed by atoms with E-state index in [1.165, 1.54) is 0 Å². The Morgan fingerprint density at radius 3 is 1.92 bits per heavy atom. The van der Waals surface area contributed by atoms with Gasteiger partial charge in [0, 0.05) is 0 Å². The van der Waals surface area contributed by atoms with Crippen molar-refractivity contribution in [2.45, 2.75) is 45.1 Å². The number of hydrogen-bond donors (Lipinski definition) is 1. The summed E-state index contributed by atoms with van der Waals surface area (Å²) in [5, 5.41) is 2.87. The fourth-order valence-electron chi connectivity index (χ4n) is 2.73. The van der Waals surface area contributed by atoms with Gasteiger partial charge < -0.3 is 5.32 Å². The summed E-state index contributed by atoms with van der Waals surface area (Å²) in [5.74, 6) is 0.141. The van der Waals surface area contributed by atoms with E-state index < -0.39 is 12.0 Å². The Bertz CT molecular complexity index is 160. The van der Waals surface area contributed by atoms with Crippen LogP contribution < -0.4 is 5.32 Å². The van der Waals surface area contributed by atoms with Crippen molar-refractivity contribution in [2.24, 2.45) is 11.8 Å². The molecule has 0 radical (unpaired) electrons. The third kappa shape index (κ3) is 1.58. The number of alkyl halides is 2. The zero-order valence-electron chi connectivity index (χ0n) is 8.61. The molecule has 1 N–H and O–H groups in total. The second-order valence-electron chi connectivity index (χ2n) is 4.22. The summed E-state index contributed by atoms with van der Waals surface area (Å²) < 4.78 is 26.0. The highest BCUT2D eigenvalue weighted by Crippen LogP contribution is 2.41. The summed E-state index contributed by atoms with van der Waals surface area (Å²) in [4.78, 5) is 0. The largest absolute Gasteiger partial charge is 0.309 e. The Morgan fingerprint density at radius 2 is 1.69 bits per heavy atom. The van der Waals surface area contributed by atoms with Gasteiger partial charge in [-0.1, -0.05) is 20.3 Å². The Morgan fingerprint density at radius 1 is 1.23 bits per heavy atom. The van der Waals surface area contributed by atoms with E-state index in [2.05, 4.69) is 5.32 Å². The first-order chi connectivity index (χ1) is 6.05. The molecule has 1 aliphatic carbocycles. The zero-order valence-corrected chi connectivity index (χ0v) is 8.61. The molecule has 0 saturated heterocycles. The molecular formula is C10H19F2N. The molecule has 1 saturated carbocycles. The topological polar surface area (TPSA) is 12.0 Å². The molecule has 0 aromatic carbocycles. The number of rotatable bonds is 2. The molecule has 1 aliphatic rings. The Hall–Kier alpha value is -0.180. The molecule has 0 bridgehead atoms. The van der Waals surface area contributed by atoms with Crippen LogP contribution in [0.2, 0.25) is 0 Å². The molecule has 1 fully saturated rings. The summed E-state index contributed by atoms with van der Waals surface area (Å²) in [6, 6.07) is 0. The van der Waals surface area contributed by atoms with Gasteiger partial charge in [0.1, 0.15) is 0 Å². The van der Waals surface area contributed by atoms with Gasteiger partial charge in [0.2, 0.25) is 0 Å². The average molecular weight is 191 g/mol. The monoisotopic (exact) mass is 191 g/mol. The van der Waals surface area contributed by atoms with Crippen LogP contribution >= 0.6 is 0 Å². The van der Waals surface area contributed by atoms with E-state index >= 15 is 0 Å². The van der Waals surface area contributed by atoms with Crippen LogP contribution in [0.1, 0.15) is 33.1 Å². The van der Waals surface area contributed by atoms with Gasteiger partial charge in [0.25, 0.3) is 6.43 Å². The van der Waals surface area contributed by atoms with Gasteiger partial charge in [0.15, 0.2) is 0 Å². The Kier molecular flexibility index (Phi) is 3.28. The minimum Gasteiger partial charge on any atom is -0.309 e. The van der Waals surface area contributed by atoms with Crippen molar-refractivity contribution in [1.82, 2.24) is 5.32 Å². The van der Waals surface area contributed by atoms with Gasteiger partial charge in [-0.05, 0) is 31.7 Å². The van der Waals surface area contributed by atoms with Crippen molar-refractivity contribution in [3.05, 3.63) is 0 Å². The van der Waals surface area contributed by atoms with Crippen LogP contribution in [0.5, 0.6) is 0 Å². The van der Waals surface area contributed by atoms with E-state index in [0.717, 1.165) is 19.3 Å². The Labute approximate surface area is 78.9 Å². The van der Waals surface area contributed by atoms with Crippen molar-refractivity contribution >= 4 is 0 Å². The first kappa shape index (κ1) is 10.9. The first-order valence-corrected chi connectivity index (χ1v) is 5.02. The van der Waals surface area contributed by atoms with E-state index in [1.807, 2.05) is 13.8 Å². The first-order valence-electron chi connectivity index (χ1n) is 5.02. The second kappa shape index (κ2) is 3.91. The van der Waals surface area contributed by atoms with Crippen LogP contribution in [0.3, 0.4) is 0 Å². The maximum absolute atomic E-state index is 13.0. The lowest BCUT2D eigenvalue weighted by Gasteiger charge is -2.46. The van der Waals surface area contributed by atoms with Gasteiger partial charge in [-0.15, -0.1) is 0 Å². The summed E-state index contributed by atoms with van der Waals surface area (Å²) in [6.07, 6.45) is 0.645. The molecule has 3 heteroatoms. The van der Waals surface area contributed by atoms with Crippen molar-refractivity contribution in [3.63, 3.8) is 0 Å². The maximum Gasteiger partial charge on any atom is 0.256 e. The zero-order chi connectivity index (χ0) is 10.1.